The van der Waals surface area contributed by atoms with Crippen LogP contribution in [0.2, 0.25) is 0 Å². The first-order chi connectivity index (χ1) is 5.61. The molecule has 0 aliphatic heterocycles. The van der Waals surface area contributed by atoms with E-state index in [9.17, 15) is 4.21 Å². The maximum atomic E-state index is 11.0. The fourth-order valence-electron chi connectivity index (χ4n) is 0.931. The summed E-state index contributed by atoms with van der Waals surface area (Å²) in [6, 6.07) is 7.64. The lowest BCUT2D eigenvalue weighted by atomic mass is 10.1. The van der Waals surface area contributed by atoms with Crippen molar-refractivity contribution in [3.63, 3.8) is 0 Å². The van der Waals surface area contributed by atoms with E-state index in [0.29, 0.717) is 0 Å². The second-order valence-electron chi connectivity index (χ2n) is 2.76. The van der Waals surface area contributed by atoms with Gasteiger partial charge in [-0.15, -0.1) is 0 Å². The summed E-state index contributed by atoms with van der Waals surface area (Å²) in [5.41, 5.74) is 2.13. The second-order valence-corrected chi connectivity index (χ2v) is 4.14. The monoisotopic (exact) mass is 180 g/mol. The molecule has 0 spiro atoms. The van der Waals surface area contributed by atoms with Crippen molar-refractivity contribution in [2.24, 2.45) is 0 Å². The average molecular weight is 180 g/mol. The van der Waals surface area contributed by atoms with Crippen molar-refractivity contribution in [1.82, 2.24) is 0 Å². The summed E-state index contributed by atoms with van der Waals surface area (Å²) < 4.78 is 11.0. The first-order valence-electron chi connectivity index (χ1n) is 3.70. The Labute approximate surface area is 75.6 Å². The Hall–Kier alpha value is -0.890. The van der Waals surface area contributed by atoms with Crippen LogP contribution in [0.1, 0.15) is 12.5 Å². The van der Waals surface area contributed by atoms with E-state index in [1.165, 1.54) is 0 Å². The van der Waals surface area contributed by atoms with Crippen molar-refractivity contribution in [1.29, 1.82) is 0 Å². The van der Waals surface area contributed by atoms with Crippen molar-refractivity contribution in [3.8, 4) is 0 Å². The van der Waals surface area contributed by atoms with E-state index >= 15 is 0 Å². The first-order valence-corrected chi connectivity index (χ1v) is 5.26. The SMILES string of the molecule is C=C(C)c1ccc(S(C)=O)cc1. The third-order valence-corrected chi connectivity index (χ3v) is 2.62. The Kier molecular flexibility index (Phi) is 2.82. The number of hydrogen-bond donors (Lipinski definition) is 0. The molecule has 0 radical (unpaired) electrons. The number of hydrogen-bond acceptors (Lipinski definition) is 1. The Morgan fingerprint density at radius 3 is 2.17 bits per heavy atom. The van der Waals surface area contributed by atoms with Crippen molar-refractivity contribution in [2.45, 2.75) is 11.8 Å². The zero-order chi connectivity index (χ0) is 9.14. The Morgan fingerprint density at radius 1 is 1.33 bits per heavy atom. The molecule has 0 fully saturated rings. The van der Waals surface area contributed by atoms with Crippen LogP contribution in [-0.2, 0) is 10.8 Å². The fraction of sp³-hybridized carbons (Fsp3) is 0.200. The van der Waals surface area contributed by atoms with Gasteiger partial charge >= 0.3 is 0 Å². The zero-order valence-corrected chi connectivity index (χ0v) is 8.15. The highest BCUT2D eigenvalue weighted by Crippen LogP contribution is 2.13. The summed E-state index contributed by atoms with van der Waals surface area (Å²) in [7, 11) is -0.880. The lowest BCUT2D eigenvalue weighted by molar-refractivity contribution is 0.687. The van der Waals surface area contributed by atoms with E-state index in [4.69, 9.17) is 0 Å². The van der Waals surface area contributed by atoms with Crippen LogP contribution in [0, 0.1) is 0 Å². The van der Waals surface area contributed by atoms with Gasteiger partial charge in [-0.1, -0.05) is 24.3 Å². The van der Waals surface area contributed by atoms with Gasteiger partial charge in [0.2, 0.25) is 0 Å². The van der Waals surface area contributed by atoms with Gasteiger partial charge in [-0.25, -0.2) is 0 Å². The molecule has 1 nitrogen and oxygen atoms in total. The van der Waals surface area contributed by atoms with Crippen LogP contribution >= 0.6 is 0 Å². The fourth-order valence-corrected chi connectivity index (χ4v) is 1.45. The average Bonchev–Trinajstić information content (AvgIpc) is 2.04. The number of allylic oxidation sites excluding steroid dienone is 1. The largest absolute Gasteiger partial charge is 0.255 e. The standard InChI is InChI=1S/C10H12OS/c1-8(2)9-4-6-10(7-5-9)12(3)11/h4-7H,1H2,2-3H3. The van der Waals surface area contributed by atoms with Gasteiger partial charge in [0.1, 0.15) is 0 Å². The van der Waals surface area contributed by atoms with Gasteiger partial charge in [0.15, 0.2) is 0 Å². The third kappa shape index (κ3) is 2.05. The van der Waals surface area contributed by atoms with Crippen LogP contribution < -0.4 is 0 Å². The molecule has 0 amide bonds. The van der Waals surface area contributed by atoms with Crippen molar-refractivity contribution in [2.75, 3.05) is 6.26 Å². The molecule has 0 saturated heterocycles. The highest BCUT2D eigenvalue weighted by molar-refractivity contribution is 7.84. The van der Waals surface area contributed by atoms with E-state index in [-0.39, 0.29) is 0 Å². The normalized spacial score (nSPS) is 12.5. The smallest absolute Gasteiger partial charge is 0.0498 e. The van der Waals surface area contributed by atoms with Crippen LogP contribution in [0.3, 0.4) is 0 Å². The summed E-state index contributed by atoms with van der Waals surface area (Å²) in [6.45, 7) is 5.78. The predicted molar refractivity (Wildman–Crippen MR) is 53.5 cm³/mol. The van der Waals surface area contributed by atoms with Gasteiger partial charge in [-0.05, 0) is 24.6 Å². The molecule has 0 heterocycles. The molecule has 1 aromatic carbocycles. The number of rotatable bonds is 2. The highest BCUT2D eigenvalue weighted by Gasteiger charge is 1.96. The highest BCUT2D eigenvalue weighted by atomic mass is 32.2. The van der Waals surface area contributed by atoms with E-state index in [2.05, 4.69) is 6.58 Å². The predicted octanol–water partition coefficient (Wildman–Crippen LogP) is 2.46. The van der Waals surface area contributed by atoms with Gasteiger partial charge in [-0.3, -0.25) is 4.21 Å². The van der Waals surface area contributed by atoms with Crippen LogP contribution in [0.4, 0.5) is 0 Å². The molecule has 1 rings (SSSR count). The van der Waals surface area contributed by atoms with E-state index in [0.717, 1.165) is 16.0 Å². The molecule has 0 aliphatic carbocycles. The molecule has 1 unspecified atom stereocenters. The molecule has 0 aromatic heterocycles. The molecule has 0 N–H and O–H groups in total. The summed E-state index contributed by atoms with van der Waals surface area (Å²) in [4.78, 5) is 0.861. The molecule has 0 saturated carbocycles. The van der Waals surface area contributed by atoms with Gasteiger partial charge in [-0.2, -0.15) is 0 Å². The van der Waals surface area contributed by atoms with E-state index in [1.807, 2.05) is 31.2 Å². The summed E-state index contributed by atoms with van der Waals surface area (Å²) in [6.07, 6.45) is 1.68. The van der Waals surface area contributed by atoms with Crippen LogP contribution in [0.5, 0.6) is 0 Å². The zero-order valence-electron chi connectivity index (χ0n) is 7.33. The minimum absolute atomic E-state index is 0.861. The van der Waals surface area contributed by atoms with Crippen molar-refractivity contribution < 1.29 is 4.21 Å². The lowest BCUT2D eigenvalue weighted by Gasteiger charge is -2.00. The summed E-state index contributed by atoms with van der Waals surface area (Å²) in [5, 5.41) is 0. The molecule has 64 valence electrons. The minimum Gasteiger partial charge on any atom is -0.255 e. The Balaban J connectivity index is 3.01. The molecule has 1 atom stereocenters. The summed E-state index contributed by atoms with van der Waals surface area (Å²) in [5.74, 6) is 0. The van der Waals surface area contributed by atoms with E-state index in [1.54, 1.807) is 6.26 Å². The van der Waals surface area contributed by atoms with Gasteiger partial charge in [0.25, 0.3) is 0 Å². The Bertz CT molecular complexity index is 278. The molecule has 2 heteroatoms. The minimum atomic E-state index is -0.880. The summed E-state index contributed by atoms with van der Waals surface area (Å²) >= 11 is 0. The van der Waals surface area contributed by atoms with Gasteiger partial charge in [0.05, 0.1) is 0 Å². The van der Waals surface area contributed by atoms with Crippen LogP contribution in [0.25, 0.3) is 5.57 Å². The molecular formula is C10H12OS. The van der Waals surface area contributed by atoms with E-state index < -0.39 is 10.8 Å². The molecule has 0 bridgehead atoms. The van der Waals surface area contributed by atoms with Gasteiger partial charge in [0, 0.05) is 22.0 Å². The molecular weight excluding hydrogens is 168 g/mol. The topological polar surface area (TPSA) is 17.1 Å². The Morgan fingerprint density at radius 2 is 1.83 bits per heavy atom. The second kappa shape index (κ2) is 3.68. The molecule has 0 aliphatic rings. The molecule has 1 aromatic rings. The number of benzene rings is 1. The maximum absolute atomic E-state index is 11.0. The lowest BCUT2D eigenvalue weighted by Crippen LogP contribution is -1.87. The first kappa shape index (κ1) is 9.20. The quantitative estimate of drug-likeness (QED) is 0.683. The maximum Gasteiger partial charge on any atom is 0.0498 e. The van der Waals surface area contributed by atoms with Gasteiger partial charge < -0.3 is 0 Å². The van der Waals surface area contributed by atoms with Crippen molar-refractivity contribution in [3.05, 3.63) is 36.4 Å². The van der Waals surface area contributed by atoms with Crippen molar-refractivity contribution >= 4 is 16.4 Å². The molecule has 12 heavy (non-hydrogen) atoms. The third-order valence-electron chi connectivity index (χ3n) is 1.68. The van der Waals surface area contributed by atoms with Crippen LogP contribution in [0.15, 0.2) is 35.7 Å². The van der Waals surface area contributed by atoms with Crippen LogP contribution in [-0.4, -0.2) is 10.5 Å².